The van der Waals surface area contributed by atoms with Crippen LogP contribution in [-0.4, -0.2) is 66.6 Å². The standard InChI is InChI=1S/C31H33N7/c1-3-10-26-24(8-1)12-13-25-9-2-4-11-27(25)29(26)36-20-18-35(19-21-36)14-7-17-38-23-34-28-30(32-22-33-31(28)38)37-15-5-6-16-37/h1-6,8-11,15-16,22-23,29H,7,12-14,17-21H2. The van der Waals surface area contributed by atoms with Crippen molar-refractivity contribution in [3.05, 3.63) is 108 Å². The Kier molecular flexibility index (Phi) is 6.23. The lowest BCUT2D eigenvalue weighted by molar-refractivity contribution is 0.107. The molecule has 0 N–H and O–H groups in total. The van der Waals surface area contributed by atoms with Gasteiger partial charge in [0, 0.05) is 45.1 Å². The zero-order valence-corrected chi connectivity index (χ0v) is 21.7. The van der Waals surface area contributed by atoms with Crippen molar-refractivity contribution in [3.63, 3.8) is 0 Å². The van der Waals surface area contributed by atoms with Crippen LogP contribution < -0.4 is 0 Å². The van der Waals surface area contributed by atoms with E-state index in [-0.39, 0.29) is 0 Å². The Morgan fingerprint density at radius 3 is 2.11 bits per heavy atom. The van der Waals surface area contributed by atoms with Gasteiger partial charge in [-0.1, -0.05) is 48.5 Å². The molecule has 1 fully saturated rings. The highest BCUT2D eigenvalue weighted by molar-refractivity contribution is 5.78. The molecule has 2 aromatic carbocycles. The average Bonchev–Trinajstić information content (AvgIpc) is 3.61. The van der Waals surface area contributed by atoms with E-state index in [4.69, 9.17) is 0 Å². The zero-order valence-electron chi connectivity index (χ0n) is 21.7. The molecule has 0 radical (unpaired) electrons. The second-order valence-electron chi connectivity index (χ2n) is 10.4. The van der Waals surface area contributed by atoms with Crippen LogP contribution in [0.4, 0.5) is 0 Å². The maximum absolute atomic E-state index is 4.64. The fourth-order valence-electron chi connectivity index (χ4n) is 6.29. The maximum Gasteiger partial charge on any atom is 0.168 e. The minimum Gasteiger partial charge on any atom is -0.315 e. The van der Waals surface area contributed by atoms with E-state index in [2.05, 4.69) is 77.8 Å². The highest BCUT2D eigenvalue weighted by Crippen LogP contribution is 2.37. The molecular weight excluding hydrogens is 470 g/mol. The molecular formula is C31H33N7. The van der Waals surface area contributed by atoms with Gasteiger partial charge < -0.3 is 14.0 Å². The third-order valence-electron chi connectivity index (χ3n) is 8.24. The molecule has 3 aromatic heterocycles. The normalized spacial score (nSPS) is 16.8. The second kappa shape index (κ2) is 10.2. The number of nitrogens with zero attached hydrogens (tertiary/aromatic N) is 7. The fraction of sp³-hybridized carbons (Fsp3) is 0.323. The van der Waals surface area contributed by atoms with Crippen molar-refractivity contribution in [3.8, 4) is 5.82 Å². The van der Waals surface area contributed by atoms with E-state index in [0.717, 1.165) is 75.5 Å². The quantitative estimate of drug-likeness (QED) is 0.341. The molecule has 0 amide bonds. The van der Waals surface area contributed by atoms with Crippen LogP contribution in [0.25, 0.3) is 17.0 Å². The van der Waals surface area contributed by atoms with Gasteiger partial charge in [-0.3, -0.25) is 4.90 Å². The SMILES string of the molecule is c1ccc2c(c1)CCc1ccccc1C2N1CCN(CCCn2cnc3c(-n4cccc4)ncnc32)CC1. The third kappa shape index (κ3) is 4.31. The number of imidazole rings is 1. The Morgan fingerprint density at radius 1 is 0.711 bits per heavy atom. The molecule has 5 aromatic rings. The van der Waals surface area contributed by atoms with Crippen molar-refractivity contribution in [1.82, 2.24) is 33.9 Å². The number of fused-ring (bicyclic) bond motifs is 3. The van der Waals surface area contributed by atoms with Gasteiger partial charge in [0.05, 0.1) is 12.4 Å². The molecule has 0 atom stereocenters. The summed E-state index contributed by atoms with van der Waals surface area (Å²) in [6, 6.07) is 22.5. The summed E-state index contributed by atoms with van der Waals surface area (Å²) in [5.74, 6) is 0.830. The first kappa shape index (κ1) is 23.3. The number of aryl methyl sites for hydroxylation is 3. The predicted molar refractivity (Wildman–Crippen MR) is 149 cm³/mol. The van der Waals surface area contributed by atoms with Crippen LogP contribution in [0.1, 0.15) is 34.7 Å². The van der Waals surface area contributed by atoms with Gasteiger partial charge in [0.25, 0.3) is 0 Å². The lowest BCUT2D eigenvalue weighted by atomic mass is 9.92. The lowest BCUT2D eigenvalue weighted by Gasteiger charge is -2.40. The molecule has 1 aliphatic carbocycles. The first-order valence-electron chi connectivity index (χ1n) is 13.8. The van der Waals surface area contributed by atoms with E-state index in [1.54, 1.807) is 6.33 Å². The first-order valence-corrected chi connectivity index (χ1v) is 13.8. The molecule has 7 nitrogen and oxygen atoms in total. The van der Waals surface area contributed by atoms with E-state index in [9.17, 15) is 0 Å². The molecule has 38 heavy (non-hydrogen) atoms. The summed E-state index contributed by atoms with van der Waals surface area (Å²) in [5, 5.41) is 0. The van der Waals surface area contributed by atoms with Crippen LogP contribution in [0.2, 0.25) is 0 Å². The molecule has 2 aliphatic rings. The molecule has 1 saturated heterocycles. The topological polar surface area (TPSA) is 55.0 Å². The Morgan fingerprint density at radius 2 is 1.39 bits per heavy atom. The van der Waals surface area contributed by atoms with Crippen molar-refractivity contribution >= 4 is 11.2 Å². The Labute approximate surface area is 223 Å². The number of piperazine rings is 1. The fourth-order valence-corrected chi connectivity index (χ4v) is 6.29. The number of hydrogen-bond donors (Lipinski definition) is 0. The van der Waals surface area contributed by atoms with Gasteiger partial charge in [-0.25, -0.2) is 15.0 Å². The lowest BCUT2D eigenvalue weighted by Crippen LogP contribution is -2.48. The molecule has 0 unspecified atom stereocenters. The summed E-state index contributed by atoms with van der Waals surface area (Å²) in [4.78, 5) is 19.0. The Balaban J connectivity index is 1.01. The van der Waals surface area contributed by atoms with Gasteiger partial charge in [-0.2, -0.15) is 0 Å². The number of hydrogen-bond acceptors (Lipinski definition) is 5. The minimum absolute atomic E-state index is 0.360. The van der Waals surface area contributed by atoms with Crippen molar-refractivity contribution in [1.29, 1.82) is 0 Å². The van der Waals surface area contributed by atoms with Crippen LogP contribution in [0.15, 0.2) is 85.7 Å². The summed E-state index contributed by atoms with van der Waals surface area (Å²) >= 11 is 0. The smallest absolute Gasteiger partial charge is 0.168 e. The number of benzene rings is 2. The van der Waals surface area contributed by atoms with Gasteiger partial charge in [-0.15, -0.1) is 0 Å². The number of aromatic nitrogens is 5. The van der Waals surface area contributed by atoms with Gasteiger partial charge in [0.2, 0.25) is 0 Å². The molecule has 0 spiro atoms. The van der Waals surface area contributed by atoms with E-state index in [0.29, 0.717) is 6.04 Å². The van der Waals surface area contributed by atoms with Crippen LogP contribution in [0, 0.1) is 0 Å². The molecule has 7 heteroatoms. The minimum atomic E-state index is 0.360. The second-order valence-corrected chi connectivity index (χ2v) is 10.4. The van der Waals surface area contributed by atoms with Gasteiger partial charge in [0.15, 0.2) is 17.0 Å². The van der Waals surface area contributed by atoms with Crippen molar-refractivity contribution in [2.45, 2.75) is 31.8 Å². The van der Waals surface area contributed by atoms with E-state index in [1.807, 2.05) is 35.4 Å². The highest BCUT2D eigenvalue weighted by Gasteiger charge is 2.30. The third-order valence-corrected chi connectivity index (χ3v) is 8.24. The van der Waals surface area contributed by atoms with Crippen molar-refractivity contribution in [2.24, 2.45) is 0 Å². The Bertz CT molecular complexity index is 1480. The monoisotopic (exact) mass is 503 g/mol. The summed E-state index contributed by atoms with van der Waals surface area (Å²) in [6.07, 6.45) is 10.9. The van der Waals surface area contributed by atoms with E-state index < -0.39 is 0 Å². The van der Waals surface area contributed by atoms with E-state index in [1.165, 1.54) is 22.3 Å². The molecule has 0 saturated carbocycles. The zero-order chi connectivity index (χ0) is 25.3. The molecule has 1 aliphatic heterocycles. The van der Waals surface area contributed by atoms with Gasteiger partial charge >= 0.3 is 0 Å². The Hall–Kier alpha value is -3.81. The summed E-state index contributed by atoms with van der Waals surface area (Å²) in [7, 11) is 0. The van der Waals surface area contributed by atoms with Crippen LogP contribution in [-0.2, 0) is 19.4 Å². The summed E-state index contributed by atoms with van der Waals surface area (Å²) in [6.45, 7) is 6.38. The molecule has 0 bridgehead atoms. The average molecular weight is 504 g/mol. The maximum atomic E-state index is 4.64. The first-order chi connectivity index (χ1) is 18.8. The van der Waals surface area contributed by atoms with Crippen molar-refractivity contribution in [2.75, 3.05) is 32.7 Å². The van der Waals surface area contributed by atoms with Gasteiger partial charge in [-0.05, 0) is 60.2 Å². The predicted octanol–water partition coefficient (Wildman–Crippen LogP) is 4.51. The summed E-state index contributed by atoms with van der Waals surface area (Å²) < 4.78 is 4.16. The van der Waals surface area contributed by atoms with Gasteiger partial charge in [0.1, 0.15) is 6.33 Å². The molecule has 7 rings (SSSR count). The van der Waals surface area contributed by atoms with Crippen LogP contribution >= 0.6 is 0 Å². The molecule has 4 heterocycles. The highest BCUT2D eigenvalue weighted by atomic mass is 15.3. The molecule has 192 valence electrons. The van der Waals surface area contributed by atoms with Crippen LogP contribution in [0.3, 0.4) is 0 Å². The number of rotatable bonds is 6. The van der Waals surface area contributed by atoms with Crippen LogP contribution in [0.5, 0.6) is 0 Å². The van der Waals surface area contributed by atoms with Crippen molar-refractivity contribution < 1.29 is 0 Å². The largest absolute Gasteiger partial charge is 0.315 e. The summed E-state index contributed by atoms with van der Waals surface area (Å²) in [5.41, 5.74) is 7.76. The van der Waals surface area contributed by atoms with E-state index >= 15 is 0 Å².